The van der Waals surface area contributed by atoms with Gasteiger partial charge in [0.15, 0.2) is 5.11 Å². The van der Waals surface area contributed by atoms with Gasteiger partial charge in [0.2, 0.25) is 0 Å². The van der Waals surface area contributed by atoms with Gasteiger partial charge in [0.05, 0.1) is 17.4 Å². The van der Waals surface area contributed by atoms with E-state index in [1.807, 2.05) is 35.4 Å². The molecule has 5 nitrogen and oxygen atoms in total. The lowest BCUT2D eigenvalue weighted by Crippen LogP contribution is -2.30. The topological polar surface area (TPSA) is 53.3 Å². The van der Waals surface area contributed by atoms with Crippen molar-refractivity contribution >= 4 is 34.6 Å². The number of nitrogens with one attached hydrogen (secondary N) is 1. The summed E-state index contributed by atoms with van der Waals surface area (Å²) in [5, 5.41) is 15.1. The van der Waals surface area contributed by atoms with Crippen LogP contribution >= 0.6 is 23.8 Å². The van der Waals surface area contributed by atoms with Gasteiger partial charge in [0, 0.05) is 28.8 Å². The highest BCUT2D eigenvalue weighted by atomic mass is 35.5. The Bertz CT molecular complexity index is 1270. The summed E-state index contributed by atoms with van der Waals surface area (Å²) in [5.41, 5.74) is 4.67. The fourth-order valence-electron chi connectivity index (χ4n) is 4.18. The average Bonchev–Trinajstić information content (AvgIpc) is 3.41. The number of phenolic OH excluding ortho intramolecular Hbond substituents is 1. The highest BCUT2D eigenvalue weighted by molar-refractivity contribution is 7.80. The zero-order chi connectivity index (χ0) is 22.2. The molecule has 1 saturated heterocycles. The lowest BCUT2D eigenvalue weighted by Gasteiger charge is -2.29. The number of pyridine rings is 1. The molecule has 160 valence electrons. The molecule has 5 rings (SSSR count). The number of benzene rings is 2. The summed E-state index contributed by atoms with van der Waals surface area (Å²) in [6.45, 7) is 2.07. The van der Waals surface area contributed by atoms with Crippen molar-refractivity contribution in [1.29, 1.82) is 0 Å². The molecule has 0 spiro atoms. The minimum absolute atomic E-state index is 0.110. The van der Waals surface area contributed by atoms with Crippen molar-refractivity contribution in [2.24, 2.45) is 0 Å². The summed E-state index contributed by atoms with van der Waals surface area (Å²) < 4.78 is 2.14. The van der Waals surface area contributed by atoms with Crippen molar-refractivity contribution in [1.82, 2.24) is 14.9 Å². The molecule has 0 radical (unpaired) electrons. The van der Waals surface area contributed by atoms with Crippen molar-refractivity contribution in [3.8, 4) is 11.4 Å². The molecule has 2 atom stereocenters. The molecule has 1 aliphatic rings. The lowest BCUT2D eigenvalue weighted by molar-refractivity contribution is 0.472. The van der Waals surface area contributed by atoms with Gasteiger partial charge in [0.25, 0.3) is 0 Å². The number of aryl methyl sites for hydroxylation is 1. The van der Waals surface area contributed by atoms with Crippen LogP contribution in [0.4, 0.5) is 5.69 Å². The number of hydrogen-bond acceptors (Lipinski definition) is 3. The Morgan fingerprint density at radius 3 is 2.59 bits per heavy atom. The zero-order valence-corrected chi connectivity index (χ0v) is 18.9. The monoisotopic (exact) mass is 460 g/mol. The van der Waals surface area contributed by atoms with E-state index in [9.17, 15) is 5.11 Å². The molecule has 7 heteroatoms. The summed E-state index contributed by atoms with van der Waals surface area (Å²) in [4.78, 5) is 6.52. The van der Waals surface area contributed by atoms with Gasteiger partial charge in [-0.05, 0) is 73.7 Å². The SMILES string of the molecule is Cc1ccc(-n2cccc2C2C(c3ccccn3)NC(=S)N2c2cc(Cl)ccc2O)cc1. The van der Waals surface area contributed by atoms with Gasteiger partial charge in [-0.1, -0.05) is 35.4 Å². The largest absolute Gasteiger partial charge is 0.506 e. The summed E-state index contributed by atoms with van der Waals surface area (Å²) in [6, 6.07) is 22.8. The van der Waals surface area contributed by atoms with Crippen LogP contribution in [-0.4, -0.2) is 19.8 Å². The normalized spacial score (nSPS) is 18.1. The third-order valence-corrected chi connectivity index (χ3v) is 6.24. The van der Waals surface area contributed by atoms with Crippen molar-refractivity contribution in [2.45, 2.75) is 19.0 Å². The van der Waals surface area contributed by atoms with Gasteiger partial charge in [-0.3, -0.25) is 4.98 Å². The fraction of sp³-hybridized carbons (Fsp3) is 0.120. The predicted octanol–water partition coefficient (Wildman–Crippen LogP) is 5.72. The van der Waals surface area contributed by atoms with Crippen molar-refractivity contribution in [2.75, 3.05) is 4.90 Å². The highest BCUT2D eigenvalue weighted by Gasteiger charge is 2.43. The maximum Gasteiger partial charge on any atom is 0.174 e. The Hall–Kier alpha value is -3.35. The molecule has 2 unspecified atom stereocenters. The standard InChI is InChI=1S/C25H21ClN4OS/c1-16-7-10-18(11-8-16)29-14-4-6-20(29)24-23(19-5-2-3-13-27-19)28-25(32)30(24)21-15-17(26)9-12-22(21)31/h2-15,23-24,31H,1H3,(H,28,32). The molecular weight excluding hydrogens is 440 g/mol. The second-order valence-electron chi connectivity index (χ2n) is 7.77. The molecule has 3 heterocycles. The smallest absolute Gasteiger partial charge is 0.174 e. The Kier molecular flexibility index (Phi) is 5.33. The van der Waals surface area contributed by atoms with E-state index in [0.717, 1.165) is 17.1 Å². The molecule has 0 bridgehead atoms. The molecule has 0 aliphatic carbocycles. The van der Waals surface area contributed by atoms with Crippen molar-refractivity contribution < 1.29 is 5.11 Å². The van der Waals surface area contributed by atoms with E-state index < -0.39 is 0 Å². The van der Waals surface area contributed by atoms with Gasteiger partial charge >= 0.3 is 0 Å². The van der Waals surface area contributed by atoms with Gasteiger partial charge in [-0.15, -0.1) is 0 Å². The second kappa shape index (κ2) is 8.30. The first-order valence-electron chi connectivity index (χ1n) is 10.3. The van der Waals surface area contributed by atoms with E-state index in [1.54, 1.807) is 24.4 Å². The summed E-state index contributed by atoms with van der Waals surface area (Å²) in [5.74, 6) is 0.110. The van der Waals surface area contributed by atoms with Crippen LogP contribution in [0.25, 0.3) is 5.69 Å². The molecule has 2 aromatic heterocycles. The van der Waals surface area contributed by atoms with E-state index in [1.165, 1.54) is 5.56 Å². The van der Waals surface area contributed by atoms with E-state index in [0.29, 0.717) is 15.8 Å². The van der Waals surface area contributed by atoms with Gasteiger partial charge in [-0.2, -0.15) is 0 Å². The van der Waals surface area contributed by atoms with Gasteiger partial charge in [0.1, 0.15) is 11.8 Å². The maximum atomic E-state index is 10.7. The lowest BCUT2D eigenvalue weighted by atomic mass is 10.0. The zero-order valence-electron chi connectivity index (χ0n) is 17.3. The minimum Gasteiger partial charge on any atom is -0.506 e. The third kappa shape index (κ3) is 3.61. The van der Waals surface area contributed by atoms with Crippen molar-refractivity contribution in [3.05, 3.63) is 107 Å². The summed E-state index contributed by atoms with van der Waals surface area (Å²) in [6.07, 6.45) is 3.81. The number of aromatic nitrogens is 2. The number of hydrogen-bond donors (Lipinski definition) is 2. The van der Waals surface area contributed by atoms with E-state index in [-0.39, 0.29) is 17.8 Å². The number of anilines is 1. The number of thiocarbonyl (C=S) groups is 1. The quantitative estimate of drug-likeness (QED) is 0.381. The molecular formula is C25H21ClN4OS. The fourth-order valence-corrected chi connectivity index (χ4v) is 4.69. The molecule has 2 N–H and O–H groups in total. The van der Waals surface area contributed by atoms with Crippen LogP contribution in [0, 0.1) is 6.92 Å². The number of phenols is 1. The average molecular weight is 461 g/mol. The van der Waals surface area contributed by atoms with Gasteiger partial charge < -0.3 is 19.9 Å². The third-order valence-electron chi connectivity index (χ3n) is 5.69. The van der Waals surface area contributed by atoms with Crippen LogP contribution in [0.3, 0.4) is 0 Å². The number of rotatable bonds is 4. The molecule has 1 aliphatic heterocycles. The maximum absolute atomic E-state index is 10.7. The minimum atomic E-state index is -0.266. The summed E-state index contributed by atoms with van der Waals surface area (Å²) in [7, 11) is 0. The van der Waals surface area contributed by atoms with Crippen LogP contribution in [-0.2, 0) is 0 Å². The second-order valence-corrected chi connectivity index (χ2v) is 8.59. The Morgan fingerprint density at radius 1 is 1.03 bits per heavy atom. The van der Waals surface area contributed by atoms with Crippen LogP contribution < -0.4 is 10.2 Å². The Labute approximate surface area is 196 Å². The van der Waals surface area contributed by atoms with Crippen molar-refractivity contribution in [3.63, 3.8) is 0 Å². The molecule has 4 aromatic rings. The first-order chi connectivity index (χ1) is 15.5. The van der Waals surface area contributed by atoms with E-state index in [2.05, 4.69) is 52.1 Å². The highest BCUT2D eigenvalue weighted by Crippen LogP contribution is 2.45. The van der Waals surface area contributed by atoms with Gasteiger partial charge in [-0.25, -0.2) is 0 Å². The van der Waals surface area contributed by atoms with E-state index in [4.69, 9.17) is 23.8 Å². The molecule has 0 saturated carbocycles. The molecule has 0 amide bonds. The molecule has 1 fully saturated rings. The Morgan fingerprint density at radius 2 is 1.84 bits per heavy atom. The molecule has 2 aromatic carbocycles. The summed E-state index contributed by atoms with van der Waals surface area (Å²) >= 11 is 12.0. The van der Waals surface area contributed by atoms with Crippen LogP contribution in [0.5, 0.6) is 5.75 Å². The number of aromatic hydroxyl groups is 1. The first-order valence-corrected chi connectivity index (χ1v) is 11.0. The predicted molar refractivity (Wildman–Crippen MR) is 132 cm³/mol. The van der Waals surface area contributed by atoms with Crippen LogP contribution in [0.2, 0.25) is 5.02 Å². The van der Waals surface area contributed by atoms with Crippen LogP contribution in [0.15, 0.2) is 85.2 Å². The van der Waals surface area contributed by atoms with Crippen LogP contribution in [0.1, 0.15) is 29.0 Å². The number of nitrogens with zero attached hydrogens (tertiary/aromatic N) is 3. The van der Waals surface area contributed by atoms with E-state index >= 15 is 0 Å². The molecule has 32 heavy (non-hydrogen) atoms. The number of halogens is 1. The first kappa shape index (κ1) is 20.5. The Balaban J connectivity index is 1.69.